The van der Waals surface area contributed by atoms with Crippen molar-refractivity contribution in [3.63, 3.8) is 0 Å². The molecule has 3 heterocycles. The van der Waals surface area contributed by atoms with E-state index in [1.54, 1.807) is 29.7 Å². The summed E-state index contributed by atoms with van der Waals surface area (Å²) in [6, 6.07) is 18.3. The third-order valence-electron chi connectivity index (χ3n) is 6.18. The molecule has 33 heavy (non-hydrogen) atoms. The summed E-state index contributed by atoms with van der Waals surface area (Å²) < 4.78 is 13.6. The molecule has 1 saturated heterocycles. The molecule has 0 aliphatic carbocycles. The Bertz CT molecular complexity index is 1230. The van der Waals surface area contributed by atoms with Crippen LogP contribution in [-0.4, -0.2) is 28.0 Å². The monoisotopic (exact) mass is 459 g/mol. The second-order valence-corrected chi connectivity index (χ2v) is 9.63. The van der Waals surface area contributed by atoms with E-state index in [-0.39, 0.29) is 5.82 Å². The molecule has 0 spiro atoms. The Kier molecular flexibility index (Phi) is 6.01. The number of thiazole rings is 1. The van der Waals surface area contributed by atoms with Crippen molar-refractivity contribution in [3.8, 4) is 21.8 Å². The zero-order chi connectivity index (χ0) is 22.8. The summed E-state index contributed by atoms with van der Waals surface area (Å²) in [5.74, 6) is 0.697. The lowest BCUT2D eigenvalue weighted by atomic mass is 9.92. The molecule has 7 heteroatoms. The van der Waals surface area contributed by atoms with Crippen LogP contribution in [0, 0.1) is 5.82 Å². The molecule has 0 amide bonds. The zero-order valence-corrected chi connectivity index (χ0v) is 19.3. The predicted octanol–water partition coefficient (Wildman–Crippen LogP) is 5.10. The maximum absolute atomic E-state index is 13.6. The molecule has 168 valence electrons. The van der Waals surface area contributed by atoms with Gasteiger partial charge in [0.25, 0.3) is 0 Å². The van der Waals surface area contributed by atoms with E-state index in [4.69, 9.17) is 15.7 Å². The highest BCUT2D eigenvalue weighted by Crippen LogP contribution is 2.40. The molecule has 1 aliphatic heterocycles. The van der Waals surface area contributed by atoms with Crippen molar-refractivity contribution in [2.45, 2.75) is 31.2 Å². The summed E-state index contributed by atoms with van der Waals surface area (Å²) in [4.78, 5) is 15.4. The Morgan fingerprint density at radius 3 is 2.45 bits per heavy atom. The summed E-state index contributed by atoms with van der Waals surface area (Å²) in [6.45, 7) is 3.91. The molecule has 5 rings (SSSR count). The van der Waals surface area contributed by atoms with Gasteiger partial charge in [0.05, 0.1) is 26.8 Å². The average molecular weight is 460 g/mol. The first-order valence-electron chi connectivity index (χ1n) is 11.2. The number of benzene rings is 2. The van der Waals surface area contributed by atoms with Crippen LogP contribution >= 0.6 is 11.3 Å². The van der Waals surface area contributed by atoms with Gasteiger partial charge in [-0.15, -0.1) is 11.3 Å². The Morgan fingerprint density at radius 1 is 1.00 bits per heavy atom. The number of hydrogen-bond acceptors (Lipinski definition) is 6. The van der Waals surface area contributed by atoms with E-state index in [1.165, 1.54) is 12.1 Å². The number of hydrogen-bond donors (Lipinski definition) is 2. The number of nitrogens with zero attached hydrogens (tertiary/aromatic N) is 3. The highest BCUT2D eigenvalue weighted by Gasteiger charge is 2.29. The van der Waals surface area contributed by atoms with E-state index in [1.807, 2.05) is 43.3 Å². The number of nitrogens with one attached hydrogen (secondary N) is 1. The standard InChI is InChI=1S/C26H26FN5S/c1-26(28,19-5-3-2-4-6-19)25-30-16-13-21(31-25)23-22(17-7-9-20(27)10-8-17)32-24(33-23)18-11-14-29-15-12-18/h2-10,13,16,18,29H,11-12,14-15,28H2,1H3/t26-/m1/s1. The second-order valence-electron chi connectivity index (χ2n) is 8.59. The third-order valence-corrected chi connectivity index (χ3v) is 7.42. The number of rotatable bonds is 5. The molecule has 1 aliphatic rings. The van der Waals surface area contributed by atoms with Gasteiger partial charge in [-0.2, -0.15) is 0 Å². The SMILES string of the molecule is C[C@@](N)(c1ccccc1)c1nccc(-c2sc(C3CCNCC3)nc2-c2ccc(F)cc2)n1. The lowest BCUT2D eigenvalue weighted by Gasteiger charge is -2.23. The van der Waals surface area contributed by atoms with Crippen LogP contribution < -0.4 is 11.1 Å². The van der Waals surface area contributed by atoms with E-state index < -0.39 is 5.54 Å². The molecule has 2 aromatic heterocycles. The van der Waals surface area contributed by atoms with Crippen molar-refractivity contribution in [3.05, 3.63) is 89.1 Å². The van der Waals surface area contributed by atoms with Crippen LogP contribution in [0.5, 0.6) is 0 Å². The minimum atomic E-state index is -0.837. The van der Waals surface area contributed by atoms with Crippen LogP contribution in [0.3, 0.4) is 0 Å². The van der Waals surface area contributed by atoms with E-state index >= 15 is 0 Å². The molecule has 1 atom stereocenters. The molecule has 0 bridgehead atoms. The fourth-order valence-electron chi connectivity index (χ4n) is 4.21. The zero-order valence-electron chi connectivity index (χ0n) is 18.5. The summed E-state index contributed by atoms with van der Waals surface area (Å²) in [5.41, 5.74) is 9.30. The van der Waals surface area contributed by atoms with Gasteiger partial charge in [0, 0.05) is 17.7 Å². The molecular formula is C26H26FN5S. The van der Waals surface area contributed by atoms with Crippen LogP contribution in [0.15, 0.2) is 66.9 Å². The van der Waals surface area contributed by atoms with Crippen LogP contribution in [0.1, 0.15) is 42.1 Å². The fourth-order valence-corrected chi connectivity index (χ4v) is 5.43. The van der Waals surface area contributed by atoms with E-state index in [0.29, 0.717) is 11.7 Å². The van der Waals surface area contributed by atoms with Gasteiger partial charge in [0.15, 0.2) is 5.82 Å². The Balaban J connectivity index is 1.60. The molecule has 3 N–H and O–H groups in total. The largest absolute Gasteiger partial charge is 0.317 e. The van der Waals surface area contributed by atoms with E-state index in [9.17, 15) is 4.39 Å². The molecule has 0 saturated carbocycles. The van der Waals surface area contributed by atoms with Crippen molar-refractivity contribution >= 4 is 11.3 Å². The Morgan fingerprint density at radius 2 is 1.73 bits per heavy atom. The predicted molar refractivity (Wildman–Crippen MR) is 130 cm³/mol. The normalized spacial score (nSPS) is 16.5. The summed E-state index contributed by atoms with van der Waals surface area (Å²) >= 11 is 1.67. The average Bonchev–Trinajstić information content (AvgIpc) is 3.31. The topological polar surface area (TPSA) is 76.7 Å². The third kappa shape index (κ3) is 4.44. The van der Waals surface area contributed by atoms with Crippen molar-refractivity contribution in [2.24, 2.45) is 5.73 Å². The van der Waals surface area contributed by atoms with Crippen LogP contribution in [0.4, 0.5) is 4.39 Å². The Hall–Kier alpha value is -3.00. The van der Waals surface area contributed by atoms with Gasteiger partial charge in [0.1, 0.15) is 5.82 Å². The molecule has 0 unspecified atom stereocenters. The van der Waals surface area contributed by atoms with E-state index in [2.05, 4.69) is 10.3 Å². The highest BCUT2D eigenvalue weighted by atomic mass is 32.1. The van der Waals surface area contributed by atoms with E-state index in [0.717, 1.165) is 58.3 Å². The molecular weight excluding hydrogens is 433 g/mol. The minimum absolute atomic E-state index is 0.264. The summed E-state index contributed by atoms with van der Waals surface area (Å²) in [7, 11) is 0. The smallest absolute Gasteiger partial charge is 0.153 e. The van der Waals surface area contributed by atoms with Crippen molar-refractivity contribution in [1.82, 2.24) is 20.3 Å². The van der Waals surface area contributed by atoms with Gasteiger partial charge in [-0.25, -0.2) is 19.3 Å². The maximum Gasteiger partial charge on any atom is 0.153 e. The van der Waals surface area contributed by atoms with Crippen LogP contribution in [0.2, 0.25) is 0 Å². The number of piperidine rings is 1. The minimum Gasteiger partial charge on any atom is -0.317 e. The quantitative estimate of drug-likeness (QED) is 0.434. The van der Waals surface area contributed by atoms with Crippen molar-refractivity contribution < 1.29 is 4.39 Å². The van der Waals surface area contributed by atoms with Crippen molar-refractivity contribution in [1.29, 1.82) is 0 Å². The van der Waals surface area contributed by atoms with Gasteiger partial charge in [-0.05, 0) is 68.8 Å². The number of halogens is 1. The first-order chi connectivity index (χ1) is 16.0. The lowest BCUT2D eigenvalue weighted by molar-refractivity contribution is 0.459. The van der Waals surface area contributed by atoms with Gasteiger partial charge in [0.2, 0.25) is 0 Å². The molecule has 0 radical (unpaired) electrons. The van der Waals surface area contributed by atoms with Crippen LogP contribution in [-0.2, 0) is 5.54 Å². The summed E-state index contributed by atoms with van der Waals surface area (Å²) in [5, 5.41) is 4.52. The highest BCUT2D eigenvalue weighted by molar-refractivity contribution is 7.15. The maximum atomic E-state index is 13.6. The first kappa shape index (κ1) is 21.8. The molecule has 4 aromatic rings. The van der Waals surface area contributed by atoms with Crippen LogP contribution in [0.25, 0.3) is 21.8 Å². The number of aromatic nitrogens is 3. The Labute approximate surface area is 197 Å². The molecule has 1 fully saturated rings. The second kappa shape index (κ2) is 9.09. The van der Waals surface area contributed by atoms with Gasteiger partial charge in [-0.1, -0.05) is 30.3 Å². The number of nitrogens with two attached hydrogens (primary N) is 1. The van der Waals surface area contributed by atoms with Gasteiger partial charge >= 0.3 is 0 Å². The van der Waals surface area contributed by atoms with Gasteiger partial charge < -0.3 is 11.1 Å². The lowest BCUT2D eigenvalue weighted by Crippen LogP contribution is -2.36. The van der Waals surface area contributed by atoms with Crippen molar-refractivity contribution in [2.75, 3.05) is 13.1 Å². The summed E-state index contributed by atoms with van der Waals surface area (Å²) in [6.07, 6.45) is 3.86. The fraction of sp³-hybridized carbons (Fsp3) is 0.269. The first-order valence-corrected chi connectivity index (χ1v) is 12.0. The molecule has 2 aromatic carbocycles. The molecule has 5 nitrogen and oxygen atoms in total. The van der Waals surface area contributed by atoms with Gasteiger partial charge in [-0.3, -0.25) is 0 Å².